The maximum Gasteiger partial charge on any atom is 0.264 e. The van der Waals surface area contributed by atoms with Crippen LogP contribution in [0.3, 0.4) is 0 Å². The molecule has 7 nitrogen and oxygen atoms in total. The number of nitrogens with one attached hydrogen (secondary N) is 1. The van der Waals surface area contributed by atoms with Crippen LogP contribution < -0.4 is 14.4 Å². The van der Waals surface area contributed by atoms with Crippen LogP contribution in [0.1, 0.15) is 73.9 Å². The number of sulfonamides is 1. The number of nitrogens with zero attached hydrogens (tertiary/aromatic N) is 1. The Morgan fingerprint density at radius 3 is 2.70 bits per heavy atom. The number of carbonyl (C=O) groups is 1. The highest BCUT2D eigenvalue weighted by Gasteiger charge is 2.72. The van der Waals surface area contributed by atoms with Crippen LogP contribution in [0.25, 0.3) is 0 Å². The van der Waals surface area contributed by atoms with E-state index >= 15 is 0 Å². The quantitative estimate of drug-likeness (QED) is 0.357. The smallest absolute Gasteiger partial charge is 0.264 e. The highest BCUT2D eigenvalue weighted by Crippen LogP contribution is 2.75. The van der Waals surface area contributed by atoms with Gasteiger partial charge in [-0.1, -0.05) is 37.6 Å². The first-order chi connectivity index (χ1) is 21.0. The zero-order valence-electron chi connectivity index (χ0n) is 25.9. The van der Waals surface area contributed by atoms with Gasteiger partial charge in [0, 0.05) is 36.2 Å². The Balaban J connectivity index is 1.35. The Hall–Kier alpha value is -2.55. The van der Waals surface area contributed by atoms with Crippen LogP contribution in [0, 0.1) is 28.6 Å². The second kappa shape index (κ2) is 11.1. The summed E-state index contributed by atoms with van der Waals surface area (Å²) in [5.74, 6) is 0.891. The van der Waals surface area contributed by atoms with Gasteiger partial charge < -0.3 is 14.4 Å². The summed E-state index contributed by atoms with van der Waals surface area (Å²) in [5.41, 5.74) is 4.69. The van der Waals surface area contributed by atoms with Crippen LogP contribution in [-0.4, -0.2) is 46.4 Å². The normalized spacial score (nSPS) is 34.5. The van der Waals surface area contributed by atoms with E-state index < -0.39 is 15.9 Å². The SMILES string of the molecule is CO[C@H]1C2=CC(C)(CC2)[C@H](C)CS(=O)(=O)NC(=O)c2ccc3c(c2)N(Cc2ccc(Cl)cc2CCCCO3)C[C@@H]2CC3CC321. The molecule has 2 heterocycles. The molecule has 0 saturated heterocycles. The average molecular weight is 639 g/mol. The molecule has 1 amide bonds. The fraction of sp³-hybridized carbons (Fsp3) is 0.571. The van der Waals surface area contributed by atoms with E-state index in [-0.39, 0.29) is 28.6 Å². The molecule has 2 aromatic rings. The van der Waals surface area contributed by atoms with Crippen LogP contribution >= 0.6 is 11.6 Å². The van der Waals surface area contributed by atoms with Crippen molar-refractivity contribution in [3.63, 3.8) is 0 Å². The highest BCUT2D eigenvalue weighted by atomic mass is 35.5. The van der Waals surface area contributed by atoms with Crippen molar-refractivity contribution in [1.29, 1.82) is 0 Å². The number of fused-ring (bicyclic) bond motifs is 3. The lowest BCUT2D eigenvalue weighted by molar-refractivity contribution is -0.0110. The molecule has 6 atom stereocenters. The molecule has 0 aromatic heterocycles. The summed E-state index contributed by atoms with van der Waals surface area (Å²) in [6, 6.07) is 11.5. The van der Waals surface area contributed by atoms with Crippen molar-refractivity contribution in [2.45, 2.75) is 71.4 Å². The number of methoxy groups -OCH3 is 1. The summed E-state index contributed by atoms with van der Waals surface area (Å²) >= 11 is 6.46. The number of rotatable bonds is 1. The van der Waals surface area contributed by atoms with Crippen molar-refractivity contribution in [3.8, 4) is 5.75 Å². The van der Waals surface area contributed by atoms with Crippen LogP contribution in [0.2, 0.25) is 5.02 Å². The molecule has 2 saturated carbocycles. The van der Waals surface area contributed by atoms with E-state index in [4.69, 9.17) is 21.1 Å². The third-order valence-corrected chi connectivity index (χ3v) is 13.2. The summed E-state index contributed by atoms with van der Waals surface area (Å²) in [5, 5.41) is 0.733. The standard InChI is InChI=1S/C35H43ClN2O5S/c1-22-21-44(40,41)37-33(39)24-8-10-31-30(15-24)38(19-26-7-9-29(36)14-23(26)6-4-5-13-43-31)20-28-16-27-18-35(27,28)32(42-3)25-11-12-34(22,2)17-25/h7-10,14-15,17,22,27-28,32H,4-6,11-13,16,18-21H2,1-3H3,(H,37,39)/t22-,27?,28+,32+,34?,35?/m1/s1. The van der Waals surface area contributed by atoms with Gasteiger partial charge in [0.05, 0.1) is 24.2 Å². The molecule has 4 bridgehead atoms. The van der Waals surface area contributed by atoms with Crippen LogP contribution in [0.4, 0.5) is 5.69 Å². The number of anilines is 1. The molecule has 3 aliphatic carbocycles. The van der Waals surface area contributed by atoms with Gasteiger partial charge in [0.1, 0.15) is 5.75 Å². The van der Waals surface area contributed by atoms with E-state index in [1.165, 1.54) is 16.7 Å². The van der Waals surface area contributed by atoms with Gasteiger partial charge in [-0.15, -0.1) is 0 Å². The third-order valence-electron chi connectivity index (χ3n) is 11.5. The lowest BCUT2D eigenvalue weighted by Gasteiger charge is -2.45. The minimum atomic E-state index is -3.88. The fourth-order valence-electron chi connectivity index (χ4n) is 8.74. The van der Waals surface area contributed by atoms with Crippen molar-refractivity contribution in [3.05, 3.63) is 69.8 Å². The van der Waals surface area contributed by atoms with Crippen molar-refractivity contribution in [1.82, 2.24) is 4.72 Å². The van der Waals surface area contributed by atoms with Gasteiger partial charge >= 0.3 is 0 Å². The van der Waals surface area contributed by atoms with Crippen molar-refractivity contribution in [2.75, 3.05) is 30.9 Å². The average Bonchev–Trinajstić information content (AvgIpc) is 3.36. The molecule has 1 N–H and O–H groups in total. The molecule has 3 unspecified atom stereocenters. The molecule has 5 aliphatic rings. The lowest BCUT2D eigenvalue weighted by atomic mass is 9.67. The van der Waals surface area contributed by atoms with Gasteiger partial charge in [0.2, 0.25) is 10.0 Å². The second-order valence-corrected chi connectivity index (χ2v) is 16.4. The maximum absolute atomic E-state index is 13.5. The molecule has 2 aliphatic heterocycles. The summed E-state index contributed by atoms with van der Waals surface area (Å²) < 4.78 is 41.8. The molecule has 9 heteroatoms. The maximum atomic E-state index is 13.5. The van der Waals surface area contributed by atoms with Crippen LogP contribution in [0.15, 0.2) is 48.0 Å². The number of ether oxygens (including phenoxy) is 2. The number of allylic oxidation sites excluding steroid dienone is 1. The second-order valence-electron chi connectivity index (χ2n) is 14.2. The summed E-state index contributed by atoms with van der Waals surface area (Å²) in [6.07, 6.45) is 9.23. The van der Waals surface area contributed by atoms with Crippen molar-refractivity contribution < 1.29 is 22.7 Å². The molecule has 236 valence electrons. The van der Waals surface area contributed by atoms with Crippen molar-refractivity contribution in [2.24, 2.45) is 28.6 Å². The Morgan fingerprint density at radius 2 is 1.93 bits per heavy atom. The molecule has 7 rings (SSSR count). The number of amides is 1. The van der Waals surface area contributed by atoms with E-state index in [1.807, 2.05) is 32.2 Å². The molecule has 2 fully saturated rings. The van der Waals surface area contributed by atoms with E-state index in [0.29, 0.717) is 30.6 Å². The number of hydrogen-bond acceptors (Lipinski definition) is 6. The van der Waals surface area contributed by atoms with Crippen LogP contribution in [0.5, 0.6) is 5.75 Å². The van der Waals surface area contributed by atoms with Gasteiger partial charge in [-0.25, -0.2) is 13.1 Å². The molecule has 44 heavy (non-hydrogen) atoms. The Morgan fingerprint density at radius 1 is 1.09 bits per heavy atom. The first kappa shape index (κ1) is 30.1. The molecular weight excluding hydrogens is 596 g/mol. The zero-order chi connectivity index (χ0) is 30.9. The molecular formula is C35H43ClN2O5S. The van der Waals surface area contributed by atoms with Gasteiger partial charge in [0.25, 0.3) is 5.91 Å². The number of halogens is 1. The van der Waals surface area contributed by atoms with E-state index in [0.717, 1.165) is 68.0 Å². The van der Waals surface area contributed by atoms with Crippen LogP contribution in [-0.2, 0) is 27.7 Å². The predicted octanol–water partition coefficient (Wildman–Crippen LogP) is 6.54. The fourth-order valence-corrected chi connectivity index (χ4v) is 10.5. The zero-order valence-corrected chi connectivity index (χ0v) is 27.5. The molecule has 2 aromatic carbocycles. The van der Waals surface area contributed by atoms with E-state index in [9.17, 15) is 13.2 Å². The van der Waals surface area contributed by atoms with Crippen molar-refractivity contribution >= 4 is 33.2 Å². The monoisotopic (exact) mass is 638 g/mol. The third kappa shape index (κ3) is 5.25. The van der Waals surface area contributed by atoms with E-state index in [1.54, 1.807) is 6.07 Å². The summed E-state index contributed by atoms with van der Waals surface area (Å²) in [4.78, 5) is 15.9. The number of benzene rings is 2. The van der Waals surface area contributed by atoms with Gasteiger partial charge in [-0.05, 0) is 115 Å². The van der Waals surface area contributed by atoms with Gasteiger partial charge in [-0.3, -0.25) is 4.79 Å². The first-order valence-electron chi connectivity index (χ1n) is 16.1. The highest BCUT2D eigenvalue weighted by molar-refractivity contribution is 7.90. The number of aryl methyl sites for hydroxylation is 1. The molecule has 1 spiro atoms. The number of hydrogen-bond donors (Lipinski definition) is 1. The Labute approximate surface area is 266 Å². The summed E-state index contributed by atoms with van der Waals surface area (Å²) in [7, 11) is -2.04. The minimum absolute atomic E-state index is 0.0292. The Bertz CT molecular complexity index is 1620. The van der Waals surface area contributed by atoms with E-state index in [2.05, 4.69) is 34.8 Å². The topological polar surface area (TPSA) is 84.9 Å². The first-order valence-corrected chi connectivity index (χ1v) is 18.1. The van der Waals surface area contributed by atoms with Gasteiger partial charge in [-0.2, -0.15) is 0 Å². The minimum Gasteiger partial charge on any atom is -0.491 e. The van der Waals surface area contributed by atoms with Gasteiger partial charge in [0.15, 0.2) is 0 Å². The largest absolute Gasteiger partial charge is 0.491 e. The lowest BCUT2D eigenvalue weighted by Crippen LogP contribution is -2.46. The number of carbonyl (C=O) groups excluding carboxylic acids is 1. The molecule has 0 radical (unpaired) electrons. The summed E-state index contributed by atoms with van der Waals surface area (Å²) in [6.45, 7) is 6.13. The Kier molecular flexibility index (Phi) is 7.57. The predicted molar refractivity (Wildman–Crippen MR) is 173 cm³/mol.